The van der Waals surface area contributed by atoms with Gasteiger partial charge in [-0.1, -0.05) is 6.07 Å². The highest BCUT2D eigenvalue weighted by molar-refractivity contribution is 5.74. The SMILES string of the molecule is Cn1c(N2CC(N3CCN(c4ccccn4)CC3)C2)nc2ncccc2c1=O. The minimum atomic E-state index is -0.0412. The first-order valence-corrected chi connectivity index (χ1v) is 9.67. The van der Waals surface area contributed by atoms with Crippen LogP contribution in [-0.2, 0) is 7.05 Å². The van der Waals surface area contributed by atoms with E-state index in [-0.39, 0.29) is 5.56 Å². The predicted octanol–water partition coefficient (Wildman–Crippen LogP) is 0.734. The zero-order chi connectivity index (χ0) is 19.1. The maximum absolute atomic E-state index is 12.6. The van der Waals surface area contributed by atoms with E-state index in [9.17, 15) is 4.79 Å². The summed E-state index contributed by atoms with van der Waals surface area (Å²) in [5, 5.41) is 0.566. The van der Waals surface area contributed by atoms with Gasteiger partial charge < -0.3 is 9.80 Å². The molecule has 2 aliphatic heterocycles. The van der Waals surface area contributed by atoms with Gasteiger partial charge in [0.05, 0.1) is 5.39 Å². The van der Waals surface area contributed by atoms with E-state index in [1.54, 1.807) is 29.9 Å². The standard InChI is InChI=1S/C20H23N7O/c1-24-19(28)16-5-4-8-22-18(16)23-20(24)27-13-15(14-27)25-9-11-26(12-10-25)17-6-2-3-7-21-17/h2-8,15H,9-14H2,1H3. The molecule has 0 bridgehead atoms. The Morgan fingerprint density at radius 1 is 0.929 bits per heavy atom. The first-order chi connectivity index (χ1) is 13.7. The highest BCUT2D eigenvalue weighted by Crippen LogP contribution is 2.23. The lowest BCUT2D eigenvalue weighted by Crippen LogP contribution is -2.64. The summed E-state index contributed by atoms with van der Waals surface area (Å²) in [6.07, 6.45) is 3.53. The van der Waals surface area contributed by atoms with E-state index in [2.05, 4.69) is 35.7 Å². The van der Waals surface area contributed by atoms with Crippen LogP contribution in [0.3, 0.4) is 0 Å². The minimum Gasteiger partial charge on any atom is -0.354 e. The number of anilines is 2. The van der Waals surface area contributed by atoms with Gasteiger partial charge in [-0.3, -0.25) is 14.3 Å². The van der Waals surface area contributed by atoms with Crippen molar-refractivity contribution in [3.63, 3.8) is 0 Å². The molecule has 0 atom stereocenters. The number of hydrogen-bond acceptors (Lipinski definition) is 7. The molecule has 3 aromatic rings. The summed E-state index contributed by atoms with van der Waals surface area (Å²) in [6, 6.07) is 10.1. The average molecular weight is 377 g/mol. The molecule has 28 heavy (non-hydrogen) atoms. The second kappa shape index (κ2) is 6.87. The van der Waals surface area contributed by atoms with Gasteiger partial charge >= 0.3 is 0 Å². The summed E-state index contributed by atoms with van der Waals surface area (Å²) < 4.78 is 1.64. The molecule has 0 aliphatic carbocycles. The molecular formula is C20H23N7O. The van der Waals surface area contributed by atoms with Crippen molar-refractivity contribution in [2.24, 2.45) is 7.05 Å². The van der Waals surface area contributed by atoms with Crippen molar-refractivity contribution in [2.45, 2.75) is 6.04 Å². The molecule has 0 aromatic carbocycles. The highest BCUT2D eigenvalue weighted by atomic mass is 16.1. The molecule has 0 saturated carbocycles. The molecule has 3 aromatic heterocycles. The first-order valence-electron chi connectivity index (χ1n) is 9.67. The quantitative estimate of drug-likeness (QED) is 0.667. The smallest absolute Gasteiger partial charge is 0.264 e. The largest absolute Gasteiger partial charge is 0.354 e. The maximum atomic E-state index is 12.6. The van der Waals surface area contributed by atoms with Crippen LogP contribution >= 0.6 is 0 Å². The van der Waals surface area contributed by atoms with Gasteiger partial charge in [-0.25, -0.2) is 9.97 Å². The van der Waals surface area contributed by atoms with E-state index >= 15 is 0 Å². The van der Waals surface area contributed by atoms with Gasteiger partial charge in [0, 0.05) is 64.8 Å². The van der Waals surface area contributed by atoms with Gasteiger partial charge in [0.15, 0.2) is 5.65 Å². The van der Waals surface area contributed by atoms with Gasteiger partial charge in [-0.2, -0.15) is 4.98 Å². The molecule has 8 nitrogen and oxygen atoms in total. The lowest BCUT2D eigenvalue weighted by atomic mass is 10.1. The third-order valence-electron chi connectivity index (χ3n) is 5.78. The molecule has 2 fully saturated rings. The van der Waals surface area contributed by atoms with Gasteiger partial charge in [-0.05, 0) is 24.3 Å². The maximum Gasteiger partial charge on any atom is 0.264 e. The van der Waals surface area contributed by atoms with E-state index in [4.69, 9.17) is 0 Å². The van der Waals surface area contributed by atoms with Crippen LogP contribution < -0.4 is 15.4 Å². The molecule has 8 heteroatoms. The van der Waals surface area contributed by atoms with Crippen LogP contribution in [0.5, 0.6) is 0 Å². The highest BCUT2D eigenvalue weighted by Gasteiger charge is 2.35. The number of rotatable bonds is 3. The number of piperazine rings is 1. The van der Waals surface area contributed by atoms with E-state index in [1.165, 1.54) is 0 Å². The lowest BCUT2D eigenvalue weighted by Gasteiger charge is -2.48. The Labute approximate surface area is 163 Å². The molecule has 0 spiro atoms. The van der Waals surface area contributed by atoms with Crippen molar-refractivity contribution < 1.29 is 0 Å². The summed E-state index contributed by atoms with van der Waals surface area (Å²) in [4.78, 5) is 33.0. The molecule has 0 amide bonds. The fraction of sp³-hybridized carbons (Fsp3) is 0.400. The van der Waals surface area contributed by atoms with Crippen LogP contribution in [0, 0.1) is 0 Å². The van der Waals surface area contributed by atoms with E-state index in [0.717, 1.165) is 45.1 Å². The summed E-state index contributed by atoms with van der Waals surface area (Å²) in [7, 11) is 1.79. The average Bonchev–Trinajstić information content (AvgIpc) is 2.72. The van der Waals surface area contributed by atoms with Gasteiger partial charge in [0.2, 0.25) is 5.95 Å². The van der Waals surface area contributed by atoms with Crippen LogP contribution in [0.15, 0.2) is 47.5 Å². The Bertz CT molecular complexity index is 1040. The number of pyridine rings is 2. The van der Waals surface area contributed by atoms with Crippen molar-refractivity contribution >= 4 is 22.8 Å². The molecule has 5 heterocycles. The van der Waals surface area contributed by atoms with Crippen LogP contribution in [0.1, 0.15) is 0 Å². The molecule has 0 radical (unpaired) electrons. The third kappa shape index (κ3) is 2.90. The minimum absolute atomic E-state index is 0.0412. The number of fused-ring (bicyclic) bond motifs is 1. The summed E-state index contributed by atoms with van der Waals surface area (Å²) in [5.41, 5.74) is 0.480. The van der Waals surface area contributed by atoms with Crippen molar-refractivity contribution in [2.75, 3.05) is 49.1 Å². The Hall–Kier alpha value is -3.00. The van der Waals surface area contributed by atoms with E-state index < -0.39 is 0 Å². The van der Waals surface area contributed by atoms with Crippen LogP contribution in [0.2, 0.25) is 0 Å². The van der Waals surface area contributed by atoms with Crippen molar-refractivity contribution in [3.05, 3.63) is 53.1 Å². The molecular weight excluding hydrogens is 354 g/mol. The second-order valence-electron chi connectivity index (χ2n) is 7.42. The zero-order valence-corrected chi connectivity index (χ0v) is 15.9. The van der Waals surface area contributed by atoms with E-state index in [0.29, 0.717) is 23.0 Å². The Kier molecular flexibility index (Phi) is 4.20. The monoisotopic (exact) mass is 377 g/mol. The van der Waals surface area contributed by atoms with Crippen molar-refractivity contribution in [1.82, 2.24) is 24.4 Å². The lowest BCUT2D eigenvalue weighted by molar-refractivity contribution is 0.155. The van der Waals surface area contributed by atoms with Crippen LogP contribution in [-0.4, -0.2) is 69.7 Å². The molecule has 2 saturated heterocycles. The van der Waals surface area contributed by atoms with E-state index in [1.807, 2.05) is 18.3 Å². The topological polar surface area (TPSA) is 70.4 Å². The van der Waals surface area contributed by atoms with Crippen LogP contribution in [0.4, 0.5) is 11.8 Å². The summed E-state index contributed by atoms with van der Waals surface area (Å²) in [6.45, 7) is 5.82. The van der Waals surface area contributed by atoms with Crippen molar-refractivity contribution in [3.8, 4) is 0 Å². The van der Waals surface area contributed by atoms with Crippen molar-refractivity contribution in [1.29, 1.82) is 0 Å². The number of aromatic nitrogens is 4. The summed E-state index contributed by atoms with van der Waals surface area (Å²) >= 11 is 0. The molecule has 0 unspecified atom stereocenters. The first kappa shape index (κ1) is 17.1. The summed E-state index contributed by atoms with van der Waals surface area (Å²) in [5.74, 6) is 1.76. The molecule has 5 rings (SSSR count). The number of hydrogen-bond donors (Lipinski definition) is 0. The predicted molar refractivity (Wildman–Crippen MR) is 109 cm³/mol. The van der Waals surface area contributed by atoms with Crippen LogP contribution in [0.25, 0.3) is 11.0 Å². The Morgan fingerprint density at radius 2 is 1.71 bits per heavy atom. The van der Waals surface area contributed by atoms with Gasteiger partial charge in [-0.15, -0.1) is 0 Å². The van der Waals surface area contributed by atoms with Gasteiger partial charge in [0.25, 0.3) is 5.56 Å². The molecule has 144 valence electrons. The normalized spacial score (nSPS) is 18.5. The zero-order valence-electron chi connectivity index (χ0n) is 15.9. The molecule has 2 aliphatic rings. The fourth-order valence-electron chi connectivity index (χ4n) is 4.08. The Morgan fingerprint density at radius 3 is 2.46 bits per heavy atom. The number of nitrogens with zero attached hydrogens (tertiary/aromatic N) is 7. The second-order valence-corrected chi connectivity index (χ2v) is 7.42. The fourth-order valence-corrected chi connectivity index (χ4v) is 4.08. The van der Waals surface area contributed by atoms with Gasteiger partial charge in [0.1, 0.15) is 5.82 Å². The molecule has 0 N–H and O–H groups in total. The third-order valence-corrected chi connectivity index (χ3v) is 5.78. The Balaban J connectivity index is 1.24.